The number of benzene rings is 1. The maximum Gasteiger partial charge on any atom is 0.416 e. The summed E-state index contributed by atoms with van der Waals surface area (Å²) in [6.07, 6.45) is -1.48. The van der Waals surface area contributed by atoms with Crippen LogP contribution in [-0.4, -0.2) is 21.1 Å². The third kappa shape index (κ3) is 3.40. The lowest BCUT2D eigenvalue weighted by Gasteiger charge is -2.07. The zero-order valence-electron chi connectivity index (χ0n) is 11.9. The van der Waals surface area contributed by atoms with Gasteiger partial charge in [0.1, 0.15) is 0 Å². The third-order valence-corrected chi connectivity index (χ3v) is 3.02. The van der Waals surface area contributed by atoms with E-state index in [2.05, 4.69) is 20.5 Å². The Morgan fingerprint density at radius 1 is 1.08 bits per heavy atom. The van der Waals surface area contributed by atoms with Crippen LogP contribution in [0.25, 0.3) is 11.5 Å². The first-order valence-electron chi connectivity index (χ1n) is 6.66. The number of carbonyl (C=O) groups is 1. The van der Waals surface area contributed by atoms with Gasteiger partial charge in [0.2, 0.25) is 5.89 Å². The van der Waals surface area contributed by atoms with Crippen LogP contribution in [0.15, 0.2) is 53.2 Å². The van der Waals surface area contributed by atoms with Crippen molar-refractivity contribution >= 4 is 11.9 Å². The summed E-state index contributed by atoms with van der Waals surface area (Å²) < 4.78 is 43.3. The molecule has 0 spiro atoms. The highest BCUT2D eigenvalue weighted by Gasteiger charge is 2.31. The summed E-state index contributed by atoms with van der Waals surface area (Å²) in [5.74, 6) is -0.636. The minimum atomic E-state index is -4.53. The molecule has 1 N–H and O–H groups in total. The fourth-order valence-electron chi connectivity index (χ4n) is 1.89. The Balaban J connectivity index is 1.77. The monoisotopic (exact) mass is 334 g/mol. The SMILES string of the molecule is O=C(Nc1nnc(-c2ccncc2)o1)c1cccc(C(F)(F)F)c1. The van der Waals surface area contributed by atoms with Crippen molar-refractivity contribution in [1.29, 1.82) is 0 Å². The summed E-state index contributed by atoms with van der Waals surface area (Å²) in [5.41, 5.74) is -0.497. The lowest BCUT2D eigenvalue weighted by Crippen LogP contribution is -2.14. The molecular weight excluding hydrogens is 325 g/mol. The van der Waals surface area contributed by atoms with E-state index in [1.807, 2.05) is 0 Å². The molecule has 0 unspecified atom stereocenters. The minimum absolute atomic E-state index is 0.150. The van der Waals surface area contributed by atoms with E-state index in [9.17, 15) is 18.0 Å². The predicted molar refractivity (Wildman–Crippen MR) is 76.9 cm³/mol. The van der Waals surface area contributed by atoms with Gasteiger partial charge in [-0.05, 0) is 30.3 Å². The minimum Gasteiger partial charge on any atom is -0.403 e. The van der Waals surface area contributed by atoms with Crippen LogP contribution in [0.1, 0.15) is 15.9 Å². The summed E-state index contributed by atoms with van der Waals surface area (Å²) in [4.78, 5) is 15.9. The molecule has 1 aromatic carbocycles. The summed E-state index contributed by atoms with van der Waals surface area (Å²) in [6.45, 7) is 0. The number of amides is 1. The fraction of sp³-hybridized carbons (Fsp3) is 0.0667. The van der Waals surface area contributed by atoms with Gasteiger partial charge in [-0.15, -0.1) is 5.10 Å². The van der Waals surface area contributed by atoms with Crippen LogP contribution in [0.4, 0.5) is 19.2 Å². The molecule has 24 heavy (non-hydrogen) atoms. The molecular formula is C15H9F3N4O2. The van der Waals surface area contributed by atoms with Crippen molar-refractivity contribution in [3.05, 3.63) is 59.9 Å². The molecule has 2 aromatic heterocycles. The van der Waals surface area contributed by atoms with Crippen molar-refractivity contribution in [1.82, 2.24) is 15.2 Å². The Kier molecular flexibility index (Phi) is 3.98. The molecule has 0 saturated carbocycles. The van der Waals surface area contributed by atoms with Gasteiger partial charge in [-0.25, -0.2) is 0 Å². The Morgan fingerprint density at radius 3 is 2.54 bits per heavy atom. The summed E-state index contributed by atoms with van der Waals surface area (Å²) in [6, 6.07) is 7.07. The van der Waals surface area contributed by atoms with Crippen LogP contribution in [0.5, 0.6) is 0 Å². The number of nitrogens with one attached hydrogen (secondary N) is 1. The van der Waals surface area contributed by atoms with Crippen LogP contribution in [0.3, 0.4) is 0 Å². The van der Waals surface area contributed by atoms with Gasteiger partial charge in [-0.1, -0.05) is 11.2 Å². The normalized spacial score (nSPS) is 11.3. The molecule has 0 aliphatic carbocycles. The van der Waals surface area contributed by atoms with Crippen molar-refractivity contribution in [3.63, 3.8) is 0 Å². The number of hydrogen-bond acceptors (Lipinski definition) is 5. The van der Waals surface area contributed by atoms with Crippen molar-refractivity contribution < 1.29 is 22.4 Å². The van der Waals surface area contributed by atoms with Gasteiger partial charge in [0, 0.05) is 23.5 Å². The molecule has 9 heteroatoms. The number of alkyl halides is 3. The summed E-state index contributed by atoms with van der Waals surface area (Å²) >= 11 is 0. The van der Waals surface area contributed by atoms with E-state index in [4.69, 9.17) is 4.42 Å². The van der Waals surface area contributed by atoms with Crippen molar-refractivity contribution in [2.45, 2.75) is 6.18 Å². The predicted octanol–water partition coefficient (Wildman–Crippen LogP) is 3.40. The fourth-order valence-corrected chi connectivity index (χ4v) is 1.89. The molecule has 2 heterocycles. The van der Waals surface area contributed by atoms with Crippen molar-refractivity contribution in [2.75, 3.05) is 5.32 Å². The topological polar surface area (TPSA) is 80.9 Å². The first kappa shape index (κ1) is 15.7. The van der Waals surface area contributed by atoms with Crippen LogP contribution in [0, 0.1) is 0 Å². The third-order valence-electron chi connectivity index (χ3n) is 3.02. The van der Waals surface area contributed by atoms with E-state index < -0.39 is 17.6 Å². The van der Waals surface area contributed by atoms with Gasteiger partial charge in [0.25, 0.3) is 5.91 Å². The zero-order valence-corrected chi connectivity index (χ0v) is 11.9. The quantitative estimate of drug-likeness (QED) is 0.794. The molecule has 0 saturated heterocycles. The van der Waals surface area contributed by atoms with E-state index in [0.29, 0.717) is 5.56 Å². The molecule has 0 atom stereocenters. The molecule has 122 valence electrons. The maximum absolute atomic E-state index is 12.7. The highest BCUT2D eigenvalue weighted by atomic mass is 19.4. The molecule has 6 nitrogen and oxygen atoms in total. The Hall–Kier alpha value is -3.23. The van der Waals surface area contributed by atoms with Gasteiger partial charge in [0.05, 0.1) is 5.56 Å². The molecule has 0 bridgehead atoms. The number of nitrogens with zero attached hydrogens (tertiary/aromatic N) is 3. The van der Waals surface area contributed by atoms with E-state index in [1.54, 1.807) is 12.1 Å². The Labute approximate surface area is 133 Å². The number of pyridine rings is 1. The van der Waals surface area contributed by atoms with E-state index in [0.717, 1.165) is 18.2 Å². The molecule has 0 fully saturated rings. The first-order valence-corrected chi connectivity index (χ1v) is 6.66. The molecule has 3 rings (SSSR count). The second kappa shape index (κ2) is 6.11. The molecule has 0 aliphatic heterocycles. The number of hydrogen-bond donors (Lipinski definition) is 1. The molecule has 1 amide bonds. The number of halogens is 3. The first-order chi connectivity index (χ1) is 11.4. The number of anilines is 1. The standard InChI is InChI=1S/C15H9F3N4O2/c16-15(17,18)11-3-1-2-10(8-11)12(23)20-14-22-21-13(24-14)9-4-6-19-7-5-9/h1-8H,(H,20,22,23). The summed E-state index contributed by atoms with van der Waals surface area (Å²) in [5, 5.41) is 9.65. The van der Waals surface area contributed by atoms with Gasteiger partial charge in [0.15, 0.2) is 0 Å². The maximum atomic E-state index is 12.7. The largest absolute Gasteiger partial charge is 0.416 e. The van der Waals surface area contributed by atoms with Crippen LogP contribution in [0.2, 0.25) is 0 Å². The van der Waals surface area contributed by atoms with Crippen LogP contribution < -0.4 is 5.32 Å². The molecule has 0 radical (unpaired) electrons. The Morgan fingerprint density at radius 2 is 1.83 bits per heavy atom. The molecule has 3 aromatic rings. The van der Waals surface area contributed by atoms with E-state index in [1.165, 1.54) is 18.5 Å². The Bertz CT molecular complexity index is 862. The molecule has 0 aliphatic rings. The number of rotatable bonds is 3. The van der Waals surface area contributed by atoms with Gasteiger partial charge in [-0.3, -0.25) is 15.1 Å². The second-order valence-electron chi connectivity index (χ2n) is 4.68. The zero-order chi connectivity index (χ0) is 17.2. The smallest absolute Gasteiger partial charge is 0.403 e. The van der Waals surface area contributed by atoms with Crippen molar-refractivity contribution in [3.8, 4) is 11.5 Å². The van der Waals surface area contributed by atoms with Crippen molar-refractivity contribution in [2.24, 2.45) is 0 Å². The average Bonchev–Trinajstić information content (AvgIpc) is 3.03. The van der Waals surface area contributed by atoms with Crippen LogP contribution >= 0.6 is 0 Å². The van der Waals surface area contributed by atoms with Gasteiger partial charge < -0.3 is 4.42 Å². The highest BCUT2D eigenvalue weighted by Crippen LogP contribution is 2.29. The van der Waals surface area contributed by atoms with Gasteiger partial charge in [-0.2, -0.15) is 13.2 Å². The highest BCUT2D eigenvalue weighted by molar-refractivity contribution is 6.03. The lowest BCUT2D eigenvalue weighted by molar-refractivity contribution is -0.137. The van der Waals surface area contributed by atoms with E-state index in [-0.39, 0.29) is 17.5 Å². The average molecular weight is 334 g/mol. The van der Waals surface area contributed by atoms with Crippen LogP contribution in [-0.2, 0) is 6.18 Å². The number of carbonyl (C=O) groups excluding carboxylic acids is 1. The summed E-state index contributed by atoms with van der Waals surface area (Å²) in [7, 11) is 0. The number of aromatic nitrogens is 3. The second-order valence-corrected chi connectivity index (χ2v) is 4.68. The van der Waals surface area contributed by atoms with Gasteiger partial charge >= 0.3 is 12.2 Å². The lowest BCUT2D eigenvalue weighted by atomic mass is 10.1. The van der Waals surface area contributed by atoms with E-state index >= 15 is 0 Å².